The van der Waals surface area contributed by atoms with Crippen molar-refractivity contribution in [3.63, 3.8) is 0 Å². The van der Waals surface area contributed by atoms with Gasteiger partial charge in [0.05, 0.1) is 7.11 Å². The standard InChI is InChI=1S/C13H13FO2/c1-4-12(9(2)13(15)16-3)10-5-7-11(14)8-6-10/h4-8,12H,1-2H2,3H3/t12-/m1/s1. The fourth-order valence-electron chi connectivity index (χ4n) is 1.41. The molecule has 1 atom stereocenters. The van der Waals surface area contributed by atoms with Gasteiger partial charge in [0, 0.05) is 11.5 Å². The highest BCUT2D eigenvalue weighted by atomic mass is 19.1. The Labute approximate surface area is 94.0 Å². The molecule has 1 aromatic carbocycles. The lowest BCUT2D eigenvalue weighted by molar-refractivity contribution is -0.136. The third-order valence-electron chi connectivity index (χ3n) is 2.29. The van der Waals surface area contributed by atoms with Gasteiger partial charge >= 0.3 is 5.97 Å². The van der Waals surface area contributed by atoms with Crippen molar-refractivity contribution in [3.8, 4) is 0 Å². The van der Waals surface area contributed by atoms with Crippen LogP contribution >= 0.6 is 0 Å². The number of rotatable bonds is 4. The Morgan fingerprint density at radius 3 is 2.44 bits per heavy atom. The predicted octanol–water partition coefficient (Wildman–Crippen LogP) is 2.82. The first-order valence-electron chi connectivity index (χ1n) is 4.75. The molecule has 0 aliphatic heterocycles. The molecule has 0 fully saturated rings. The molecule has 0 amide bonds. The van der Waals surface area contributed by atoms with Gasteiger partial charge in [-0.25, -0.2) is 9.18 Å². The Kier molecular flexibility index (Phi) is 4.00. The van der Waals surface area contributed by atoms with Gasteiger partial charge in [-0.1, -0.05) is 24.8 Å². The van der Waals surface area contributed by atoms with Crippen LogP contribution in [0.3, 0.4) is 0 Å². The summed E-state index contributed by atoms with van der Waals surface area (Å²) >= 11 is 0. The zero-order valence-electron chi connectivity index (χ0n) is 9.07. The lowest BCUT2D eigenvalue weighted by Gasteiger charge is -2.14. The van der Waals surface area contributed by atoms with Crippen LogP contribution in [0, 0.1) is 5.82 Å². The summed E-state index contributed by atoms with van der Waals surface area (Å²) in [4.78, 5) is 11.3. The van der Waals surface area contributed by atoms with E-state index in [0.717, 1.165) is 5.56 Å². The van der Waals surface area contributed by atoms with Crippen molar-refractivity contribution in [2.24, 2.45) is 0 Å². The Bertz CT molecular complexity index is 406. The molecular formula is C13H13FO2. The highest BCUT2D eigenvalue weighted by molar-refractivity contribution is 5.89. The summed E-state index contributed by atoms with van der Waals surface area (Å²) in [6.07, 6.45) is 1.58. The van der Waals surface area contributed by atoms with Crippen molar-refractivity contribution in [1.29, 1.82) is 0 Å². The number of carbonyl (C=O) groups is 1. The topological polar surface area (TPSA) is 26.3 Å². The van der Waals surface area contributed by atoms with Crippen molar-refractivity contribution < 1.29 is 13.9 Å². The smallest absolute Gasteiger partial charge is 0.334 e. The van der Waals surface area contributed by atoms with E-state index in [1.165, 1.54) is 19.2 Å². The minimum atomic E-state index is -0.491. The lowest BCUT2D eigenvalue weighted by atomic mass is 9.92. The Morgan fingerprint density at radius 2 is 2.00 bits per heavy atom. The minimum absolute atomic E-state index is 0.282. The van der Waals surface area contributed by atoms with Gasteiger partial charge in [-0.05, 0) is 17.7 Å². The van der Waals surface area contributed by atoms with Crippen LogP contribution in [0.4, 0.5) is 4.39 Å². The van der Waals surface area contributed by atoms with Crippen molar-refractivity contribution in [2.45, 2.75) is 5.92 Å². The molecule has 1 rings (SSSR count). The van der Waals surface area contributed by atoms with E-state index in [1.54, 1.807) is 18.2 Å². The third kappa shape index (κ3) is 2.57. The minimum Gasteiger partial charge on any atom is -0.466 e. The van der Waals surface area contributed by atoms with Gasteiger partial charge in [-0.2, -0.15) is 0 Å². The number of hydrogen-bond acceptors (Lipinski definition) is 2. The molecule has 0 spiro atoms. The molecule has 0 aliphatic rings. The summed E-state index contributed by atoms with van der Waals surface area (Å²) < 4.78 is 17.3. The first-order valence-corrected chi connectivity index (χ1v) is 4.75. The van der Waals surface area contributed by atoms with E-state index in [9.17, 15) is 9.18 Å². The second kappa shape index (κ2) is 5.26. The summed E-state index contributed by atoms with van der Waals surface area (Å²) in [5, 5.41) is 0. The Balaban J connectivity index is 2.99. The summed E-state index contributed by atoms with van der Waals surface area (Å²) in [6, 6.07) is 5.85. The van der Waals surface area contributed by atoms with E-state index in [2.05, 4.69) is 17.9 Å². The Morgan fingerprint density at radius 1 is 1.44 bits per heavy atom. The molecule has 1 aromatic rings. The lowest BCUT2D eigenvalue weighted by Crippen LogP contribution is -2.10. The van der Waals surface area contributed by atoms with Gasteiger partial charge < -0.3 is 4.74 Å². The van der Waals surface area contributed by atoms with Crippen LogP contribution in [0.25, 0.3) is 0 Å². The molecule has 2 nitrogen and oxygen atoms in total. The summed E-state index contributed by atoms with van der Waals surface area (Å²) in [7, 11) is 1.29. The summed E-state index contributed by atoms with van der Waals surface area (Å²) in [6.45, 7) is 7.29. The number of benzene rings is 1. The molecule has 3 heteroatoms. The normalized spacial score (nSPS) is 11.6. The highest BCUT2D eigenvalue weighted by Crippen LogP contribution is 2.25. The maximum Gasteiger partial charge on any atom is 0.334 e. The van der Waals surface area contributed by atoms with Crippen LogP contribution in [0.5, 0.6) is 0 Å². The first-order chi connectivity index (χ1) is 7.60. The maximum atomic E-state index is 12.7. The molecule has 0 aromatic heterocycles. The molecule has 0 saturated carbocycles. The molecule has 0 aliphatic carbocycles. The predicted molar refractivity (Wildman–Crippen MR) is 60.5 cm³/mol. The van der Waals surface area contributed by atoms with Crippen LogP contribution in [-0.4, -0.2) is 13.1 Å². The molecule has 0 unspecified atom stereocenters. The zero-order chi connectivity index (χ0) is 12.1. The van der Waals surface area contributed by atoms with Gasteiger partial charge in [-0.15, -0.1) is 6.58 Å². The first kappa shape index (κ1) is 12.2. The SMILES string of the molecule is C=C[C@H](C(=C)C(=O)OC)c1ccc(F)cc1. The summed E-state index contributed by atoms with van der Waals surface area (Å²) in [5.41, 5.74) is 1.04. The molecule has 0 radical (unpaired) electrons. The highest BCUT2D eigenvalue weighted by Gasteiger charge is 2.18. The third-order valence-corrected chi connectivity index (χ3v) is 2.29. The number of esters is 1. The van der Waals surface area contributed by atoms with E-state index < -0.39 is 5.97 Å². The Hall–Kier alpha value is -1.90. The average molecular weight is 220 g/mol. The van der Waals surface area contributed by atoms with Crippen molar-refractivity contribution in [2.75, 3.05) is 7.11 Å². The van der Waals surface area contributed by atoms with Crippen molar-refractivity contribution in [3.05, 3.63) is 60.5 Å². The van der Waals surface area contributed by atoms with Crippen LogP contribution in [0.15, 0.2) is 49.1 Å². The fourth-order valence-corrected chi connectivity index (χ4v) is 1.41. The number of hydrogen-bond donors (Lipinski definition) is 0. The molecule has 0 heterocycles. The quantitative estimate of drug-likeness (QED) is 0.443. The van der Waals surface area contributed by atoms with Crippen molar-refractivity contribution >= 4 is 5.97 Å². The van der Waals surface area contributed by atoms with Gasteiger partial charge in [-0.3, -0.25) is 0 Å². The maximum absolute atomic E-state index is 12.7. The van der Waals surface area contributed by atoms with E-state index in [0.29, 0.717) is 0 Å². The van der Waals surface area contributed by atoms with E-state index in [4.69, 9.17) is 0 Å². The van der Waals surface area contributed by atoms with Crippen molar-refractivity contribution in [1.82, 2.24) is 0 Å². The average Bonchev–Trinajstić information content (AvgIpc) is 2.31. The number of ether oxygens (including phenoxy) is 1. The van der Waals surface area contributed by atoms with Gasteiger partial charge in [0.15, 0.2) is 0 Å². The second-order valence-electron chi connectivity index (χ2n) is 3.28. The van der Waals surface area contributed by atoms with E-state index >= 15 is 0 Å². The number of methoxy groups -OCH3 is 1. The zero-order valence-corrected chi connectivity index (χ0v) is 9.07. The van der Waals surface area contributed by atoms with Crippen LogP contribution < -0.4 is 0 Å². The largest absolute Gasteiger partial charge is 0.466 e. The van der Waals surface area contributed by atoms with Gasteiger partial charge in [0.25, 0.3) is 0 Å². The number of allylic oxidation sites excluding steroid dienone is 1. The van der Waals surface area contributed by atoms with Gasteiger partial charge in [0.2, 0.25) is 0 Å². The van der Waals surface area contributed by atoms with Gasteiger partial charge in [0.1, 0.15) is 5.82 Å². The second-order valence-corrected chi connectivity index (χ2v) is 3.28. The van der Waals surface area contributed by atoms with Crippen LogP contribution in [0.1, 0.15) is 11.5 Å². The van der Waals surface area contributed by atoms with E-state index in [-0.39, 0.29) is 17.3 Å². The summed E-state index contributed by atoms with van der Waals surface area (Å²) in [5.74, 6) is -1.17. The molecule has 0 N–H and O–H groups in total. The monoisotopic (exact) mass is 220 g/mol. The molecule has 84 valence electrons. The molecule has 16 heavy (non-hydrogen) atoms. The van der Waals surface area contributed by atoms with Crippen LogP contribution in [-0.2, 0) is 9.53 Å². The molecule has 0 saturated heterocycles. The van der Waals surface area contributed by atoms with E-state index in [1.807, 2.05) is 0 Å². The number of carbonyl (C=O) groups excluding carboxylic acids is 1. The molecular weight excluding hydrogens is 207 g/mol. The number of halogens is 1. The molecule has 0 bridgehead atoms. The fraction of sp³-hybridized carbons (Fsp3) is 0.154. The van der Waals surface area contributed by atoms with Crippen LogP contribution in [0.2, 0.25) is 0 Å².